The highest BCUT2D eigenvalue weighted by atomic mass is 19.4. The standard InChI is InChI=1S/C19H21F3N4O2/c20-19(21,22)12-24-17(27)15-5-8-26(9-6-15)18(28)16-3-1-14(2-4-16)11-25-10-7-23-13-25/h1-4,7,10,13,15H,5-6,8-9,11-12H2,(H,24,27). The van der Waals surface area contributed by atoms with E-state index in [0.717, 1.165) is 5.56 Å². The van der Waals surface area contributed by atoms with Crippen LogP contribution in [0.3, 0.4) is 0 Å². The molecule has 0 spiro atoms. The Morgan fingerprint density at radius 3 is 2.39 bits per heavy atom. The van der Waals surface area contributed by atoms with Crippen LogP contribution in [0.1, 0.15) is 28.8 Å². The van der Waals surface area contributed by atoms with Gasteiger partial charge in [-0.3, -0.25) is 9.59 Å². The van der Waals surface area contributed by atoms with Crippen molar-refractivity contribution < 1.29 is 22.8 Å². The molecule has 9 heteroatoms. The number of carbonyl (C=O) groups is 2. The number of likely N-dealkylation sites (tertiary alicyclic amines) is 1. The number of nitrogens with one attached hydrogen (secondary N) is 1. The number of rotatable bonds is 5. The third-order valence-corrected chi connectivity index (χ3v) is 4.74. The van der Waals surface area contributed by atoms with Gasteiger partial charge in [-0.15, -0.1) is 0 Å². The van der Waals surface area contributed by atoms with E-state index >= 15 is 0 Å². The average Bonchev–Trinajstić information content (AvgIpc) is 3.19. The molecule has 1 aromatic heterocycles. The SMILES string of the molecule is O=C(NCC(F)(F)F)C1CCN(C(=O)c2ccc(Cn3ccnc3)cc2)CC1. The summed E-state index contributed by atoms with van der Waals surface area (Å²) in [7, 11) is 0. The van der Waals surface area contributed by atoms with Crippen molar-refractivity contribution in [3.8, 4) is 0 Å². The predicted octanol–water partition coefficient (Wildman–Crippen LogP) is 2.46. The molecule has 0 aliphatic carbocycles. The summed E-state index contributed by atoms with van der Waals surface area (Å²) < 4.78 is 38.5. The Bertz CT molecular complexity index is 796. The van der Waals surface area contributed by atoms with Crippen molar-refractivity contribution in [2.75, 3.05) is 19.6 Å². The van der Waals surface area contributed by atoms with Gasteiger partial charge in [0.05, 0.1) is 6.33 Å². The fraction of sp³-hybridized carbons (Fsp3) is 0.421. The third-order valence-electron chi connectivity index (χ3n) is 4.74. The Balaban J connectivity index is 1.50. The van der Waals surface area contributed by atoms with E-state index in [2.05, 4.69) is 4.98 Å². The number of nitrogens with zero attached hydrogens (tertiary/aromatic N) is 3. The Morgan fingerprint density at radius 2 is 1.82 bits per heavy atom. The summed E-state index contributed by atoms with van der Waals surface area (Å²) in [5, 5.41) is 1.92. The van der Waals surface area contributed by atoms with Crippen molar-refractivity contribution in [2.24, 2.45) is 5.92 Å². The monoisotopic (exact) mass is 394 g/mol. The van der Waals surface area contributed by atoms with Crippen molar-refractivity contribution in [1.29, 1.82) is 0 Å². The predicted molar refractivity (Wildman–Crippen MR) is 95.5 cm³/mol. The van der Waals surface area contributed by atoms with Crippen LogP contribution >= 0.6 is 0 Å². The smallest absolute Gasteiger partial charge is 0.347 e. The van der Waals surface area contributed by atoms with Crippen molar-refractivity contribution in [1.82, 2.24) is 19.8 Å². The highest BCUT2D eigenvalue weighted by Crippen LogP contribution is 2.20. The van der Waals surface area contributed by atoms with Gasteiger partial charge in [0.2, 0.25) is 5.91 Å². The van der Waals surface area contributed by atoms with Crippen molar-refractivity contribution in [3.05, 3.63) is 54.1 Å². The van der Waals surface area contributed by atoms with Crippen LogP contribution in [0.2, 0.25) is 0 Å². The second-order valence-corrected chi connectivity index (χ2v) is 6.83. The van der Waals surface area contributed by atoms with Crippen LogP contribution in [0.5, 0.6) is 0 Å². The lowest BCUT2D eigenvalue weighted by Crippen LogP contribution is -2.44. The first-order valence-electron chi connectivity index (χ1n) is 9.00. The van der Waals surface area contributed by atoms with E-state index in [4.69, 9.17) is 0 Å². The average molecular weight is 394 g/mol. The summed E-state index contributed by atoms with van der Waals surface area (Å²) in [5.74, 6) is -1.24. The molecule has 1 N–H and O–H groups in total. The maximum Gasteiger partial charge on any atom is 0.405 e. The normalized spacial score (nSPS) is 15.5. The second kappa shape index (κ2) is 8.45. The fourth-order valence-electron chi connectivity index (χ4n) is 3.20. The molecule has 28 heavy (non-hydrogen) atoms. The third kappa shape index (κ3) is 5.34. The number of piperidine rings is 1. The molecule has 0 atom stereocenters. The van der Waals surface area contributed by atoms with Crippen LogP contribution in [0.25, 0.3) is 0 Å². The zero-order chi connectivity index (χ0) is 20.1. The Kier molecular flexibility index (Phi) is 6.01. The first kappa shape index (κ1) is 19.9. The van der Waals surface area contributed by atoms with Gasteiger partial charge in [-0.1, -0.05) is 12.1 Å². The van der Waals surface area contributed by atoms with Gasteiger partial charge in [0.1, 0.15) is 6.54 Å². The van der Waals surface area contributed by atoms with E-state index in [1.54, 1.807) is 29.6 Å². The molecule has 0 bridgehead atoms. The number of alkyl halides is 3. The van der Waals surface area contributed by atoms with Gasteiger partial charge in [0, 0.05) is 43.5 Å². The molecule has 1 saturated heterocycles. The van der Waals surface area contributed by atoms with E-state index in [1.165, 1.54) is 0 Å². The Hall–Kier alpha value is -2.84. The fourth-order valence-corrected chi connectivity index (χ4v) is 3.20. The molecular weight excluding hydrogens is 373 g/mol. The molecule has 6 nitrogen and oxygen atoms in total. The highest BCUT2D eigenvalue weighted by molar-refractivity contribution is 5.94. The molecule has 2 heterocycles. The summed E-state index contributed by atoms with van der Waals surface area (Å²) in [6.07, 6.45) is 1.56. The number of imidazole rings is 1. The van der Waals surface area contributed by atoms with Crippen molar-refractivity contribution in [2.45, 2.75) is 25.6 Å². The van der Waals surface area contributed by atoms with Crippen LogP contribution in [0.4, 0.5) is 13.2 Å². The largest absolute Gasteiger partial charge is 0.405 e. The minimum Gasteiger partial charge on any atom is -0.347 e. The lowest BCUT2D eigenvalue weighted by Gasteiger charge is -2.31. The van der Waals surface area contributed by atoms with Crippen molar-refractivity contribution >= 4 is 11.8 Å². The van der Waals surface area contributed by atoms with Crippen LogP contribution in [-0.2, 0) is 11.3 Å². The maximum atomic E-state index is 12.6. The number of halogens is 3. The maximum absolute atomic E-state index is 12.6. The van der Waals surface area contributed by atoms with E-state index in [-0.39, 0.29) is 5.91 Å². The Labute approximate surface area is 160 Å². The number of aromatic nitrogens is 2. The van der Waals surface area contributed by atoms with Gasteiger partial charge in [-0.25, -0.2) is 4.98 Å². The van der Waals surface area contributed by atoms with Gasteiger partial charge in [-0.2, -0.15) is 13.2 Å². The van der Waals surface area contributed by atoms with E-state index < -0.39 is 24.5 Å². The molecule has 0 unspecified atom stereocenters. The Morgan fingerprint density at radius 1 is 1.14 bits per heavy atom. The molecule has 1 aliphatic rings. The molecule has 1 aliphatic heterocycles. The summed E-state index contributed by atoms with van der Waals surface area (Å²) in [4.78, 5) is 30.1. The molecule has 3 rings (SSSR count). The second-order valence-electron chi connectivity index (χ2n) is 6.83. The minimum absolute atomic E-state index is 0.136. The topological polar surface area (TPSA) is 67.2 Å². The molecule has 1 aromatic carbocycles. The summed E-state index contributed by atoms with van der Waals surface area (Å²) >= 11 is 0. The van der Waals surface area contributed by atoms with E-state index in [9.17, 15) is 22.8 Å². The van der Waals surface area contributed by atoms with Crippen LogP contribution < -0.4 is 5.32 Å². The van der Waals surface area contributed by atoms with E-state index in [0.29, 0.717) is 38.0 Å². The molecule has 0 radical (unpaired) electrons. The minimum atomic E-state index is -4.42. The van der Waals surface area contributed by atoms with Gasteiger partial charge >= 0.3 is 6.18 Å². The van der Waals surface area contributed by atoms with Gasteiger partial charge in [-0.05, 0) is 30.5 Å². The molecule has 1 fully saturated rings. The number of benzene rings is 1. The number of hydrogen-bond acceptors (Lipinski definition) is 3. The van der Waals surface area contributed by atoms with Crippen molar-refractivity contribution in [3.63, 3.8) is 0 Å². The molecular formula is C19H21F3N4O2. The highest BCUT2D eigenvalue weighted by Gasteiger charge is 2.32. The molecule has 150 valence electrons. The first-order valence-corrected chi connectivity index (χ1v) is 9.00. The quantitative estimate of drug-likeness (QED) is 0.847. The molecule has 2 amide bonds. The molecule has 2 aromatic rings. The lowest BCUT2D eigenvalue weighted by molar-refractivity contribution is -0.141. The number of hydrogen-bond donors (Lipinski definition) is 1. The van der Waals surface area contributed by atoms with Crippen LogP contribution in [-0.4, -0.2) is 52.1 Å². The summed E-state index contributed by atoms with van der Waals surface area (Å²) in [6.45, 7) is 0.0305. The van der Waals surface area contributed by atoms with E-state index in [1.807, 2.05) is 28.2 Å². The van der Waals surface area contributed by atoms with Gasteiger partial charge < -0.3 is 14.8 Å². The number of carbonyl (C=O) groups excluding carboxylic acids is 2. The summed E-state index contributed by atoms with van der Waals surface area (Å²) in [6, 6.07) is 7.28. The van der Waals surface area contributed by atoms with Gasteiger partial charge in [0.25, 0.3) is 5.91 Å². The lowest BCUT2D eigenvalue weighted by atomic mass is 9.95. The van der Waals surface area contributed by atoms with Crippen LogP contribution in [0.15, 0.2) is 43.0 Å². The van der Waals surface area contributed by atoms with Crippen LogP contribution in [0, 0.1) is 5.92 Å². The van der Waals surface area contributed by atoms with Gasteiger partial charge in [0.15, 0.2) is 0 Å². The summed E-state index contributed by atoms with van der Waals surface area (Å²) in [5.41, 5.74) is 1.59. The zero-order valence-electron chi connectivity index (χ0n) is 15.2. The zero-order valence-corrected chi connectivity index (χ0v) is 15.2. The molecule has 0 saturated carbocycles. The number of amides is 2. The first-order chi connectivity index (χ1) is 13.3.